The number of hydrogen-bond donors (Lipinski definition) is 1. The van der Waals surface area contributed by atoms with E-state index in [0.29, 0.717) is 12.1 Å². The summed E-state index contributed by atoms with van der Waals surface area (Å²) in [7, 11) is 4.31. The van der Waals surface area contributed by atoms with Crippen LogP contribution in [-0.2, 0) is 0 Å². The summed E-state index contributed by atoms with van der Waals surface area (Å²) in [5.74, 6) is 0. The topological polar surface area (TPSA) is 18.5 Å². The van der Waals surface area contributed by atoms with Crippen molar-refractivity contribution >= 4 is 0 Å². The second-order valence-corrected chi connectivity index (χ2v) is 5.90. The molecule has 1 aromatic carbocycles. The highest BCUT2D eigenvalue weighted by atomic mass is 15.3. The molecule has 1 heterocycles. The van der Waals surface area contributed by atoms with Crippen LogP contribution < -0.4 is 5.32 Å². The molecule has 112 valence electrons. The third-order valence-electron chi connectivity index (χ3n) is 4.40. The maximum Gasteiger partial charge on any atom is 0.0476 e. The Morgan fingerprint density at radius 3 is 2.65 bits per heavy atom. The summed E-state index contributed by atoms with van der Waals surface area (Å²) in [6.07, 6.45) is 2.48. The van der Waals surface area contributed by atoms with Gasteiger partial charge >= 0.3 is 0 Å². The zero-order valence-electron chi connectivity index (χ0n) is 13.2. The van der Waals surface area contributed by atoms with E-state index in [4.69, 9.17) is 0 Å². The third kappa shape index (κ3) is 3.81. The minimum Gasteiger partial charge on any atom is -0.318 e. The SMILES string of the molecule is CCC1CN(C)CCCN1C(CNC)c1ccccc1. The first-order valence-corrected chi connectivity index (χ1v) is 7.90. The van der Waals surface area contributed by atoms with Gasteiger partial charge in [-0.3, -0.25) is 4.90 Å². The standard InChI is InChI=1S/C17H29N3/c1-4-16-14-19(3)11-8-12-20(16)17(13-18-2)15-9-6-5-7-10-15/h5-7,9-10,16-18H,4,8,11-14H2,1-3H3. The number of nitrogens with one attached hydrogen (secondary N) is 1. The van der Waals surface area contributed by atoms with Gasteiger partial charge in [-0.05, 0) is 39.0 Å². The number of benzene rings is 1. The van der Waals surface area contributed by atoms with Gasteiger partial charge in [0.15, 0.2) is 0 Å². The normalized spacial score (nSPS) is 23.4. The van der Waals surface area contributed by atoms with Crippen LogP contribution in [0.25, 0.3) is 0 Å². The highest BCUT2D eigenvalue weighted by Crippen LogP contribution is 2.26. The first-order chi connectivity index (χ1) is 9.76. The fourth-order valence-electron chi connectivity index (χ4n) is 3.33. The Bertz CT molecular complexity index is 379. The fourth-order valence-corrected chi connectivity index (χ4v) is 3.33. The van der Waals surface area contributed by atoms with Crippen LogP contribution in [0.1, 0.15) is 31.4 Å². The van der Waals surface area contributed by atoms with E-state index in [9.17, 15) is 0 Å². The molecule has 1 N–H and O–H groups in total. The molecule has 0 aliphatic carbocycles. The molecular weight excluding hydrogens is 246 g/mol. The monoisotopic (exact) mass is 275 g/mol. The van der Waals surface area contributed by atoms with Crippen LogP contribution >= 0.6 is 0 Å². The quantitative estimate of drug-likeness (QED) is 0.890. The van der Waals surface area contributed by atoms with Gasteiger partial charge in [-0.25, -0.2) is 0 Å². The average molecular weight is 275 g/mol. The molecule has 2 atom stereocenters. The summed E-state index contributed by atoms with van der Waals surface area (Å²) in [4.78, 5) is 5.20. The molecule has 1 aliphatic heterocycles. The first kappa shape index (κ1) is 15.5. The Hall–Kier alpha value is -0.900. The maximum atomic E-state index is 3.38. The molecule has 3 nitrogen and oxygen atoms in total. The lowest BCUT2D eigenvalue weighted by atomic mass is 10.0. The number of likely N-dealkylation sites (N-methyl/N-ethyl adjacent to an activating group) is 2. The van der Waals surface area contributed by atoms with Crippen LogP contribution in [-0.4, -0.2) is 56.1 Å². The second-order valence-electron chi connectivity index (χ2n) is 5.90. The Morgan fingerprint density at radius 2 is 2.00 bits per heavy atom. The largest absolute Gasteiger partial charge is 0.318 e. The summed E-state index contributed by atoms with van der Waals surface area (Å²) >= 11 is 0. The molecule has 0 radical (unpaired) electrons. The molecule has 1 aromatic rings. The lowest BCUT2D eigenvalue weighted by Crippen LogP contribution is -2.44. The van der Waals surface area contributed by atoms with Crippen LogP contribution in [0.15, 0.2) is 30.3 Å². The van der Waals surface area contributed by atoms with E-state index in [0.717, 1.165) is 6.54 Å². The summed E-state index contributed by atoms with van der Waals surface area (Å²) in [6.45, 7) is 6.93. The van der Waals surface area contributed by atoms with Gasteiger partial charge in [-0.15, -0.1) is 0 Å². The molecule has 2 unspecified atom stereocenters. The minimum atomic E-state index is 0.484. The van der Waals surface area contributed by atoms with Crippen molar-refractivity contribution in [3.8, 4) is 0 Å². The van der Waals surface area contributed by atoms with Gasteiger partial charge in [-0.1, -0.05) is 37.3 Å². The summed E-state index contributed by atoms with van der Waals surface area (Å²) < 4.78 is 0. The molecule has 20 heavy (non-hydrogen) atoms. The zero-order chi connectivity index (χ0) is 14.4. The van der Waals surface area contributed by atoms with Crippen molar-refractivity contribution in [2.24, 2.45) is 0 Å². The van der Waals surface area contributed by atoms with Gasteiger partial charge in [0.1, 0.15) is 0 Å². The van der Waals surface area contributed by atoms with E-state index in [1.165, 1.54) is 38.0 Å². The molecule has 0 spiro atoms. The molecule has 1 saturated heterocycles. The van der Waals surface area contributed by atoms with Crippen molar-refractivity contribution in [3.05, 3.63) is 35.9 Å². The van der Waals surface area contributed by atoms with Crippen LogP contribution in [0.5, 0.6) is 0 Å². The van der Waals surface area contributed by atoms with Crippen LogP contribution in [0.3, 0.4) is 0 Å². The summed E-state index contributed by atoms with van der Waals surface area (Å²) in [6, 6.07) is 12.1. The van der Waals surface area contributed by atoms with E-state index in [1.807, 2.05) is 0 Å². The van der Waals surface area contributed by atoms with Crippen LogP contribution in [0, 0.1) is 0 Å². The van der Waals surface area contributed by atoms with Gasteiger partial charge in [0.05, 0.1) is 0 Å². The van der Waals surface area contributed by atoms with Gasteiger partial charge in [0, 0.05) is 31.7 Å². The van der Waals surface area contributed by atoms with E-state index in [-0.39, 0.29) is 0 Å². The van der Waals surface area contributed by atoms with E-state index >= 15 is 0 Å². The number of hydrogen-bond acceptors (Lipinski definition) is 3. The molecule has 1 aliphatic rings. The fraction of sp³-hybridized carbons (Fsp3) is 0.647. The van der Waals surface area contributed by atoms with Gasteiger partial charge in [0.2, 0.25) is 0 Å². The molecule has 0 bridgehead atoms. The van der Waals surface area contributed by atoms with Gasteiger partial charge < -0.3 is 10.2 Å². The third-order valence-corrected chi connectivity index (χ3v) is 4.40. The molecule has 1 fully saturated rings. The maximum absolute atomic E-state index is 3.38. The van der Waals surface area contributed by atoms with Crippen molar-refractivity contribution in [2.45, 2.75) is 31.8 Å². The number of rotatable bonds is 5. The van der Waals surface area contributed by atoms with Crippen molar-refractivity contribution in [1.82, 2.24) is 15.1 Å². The Labute approximate surface area is 124 Å². The molecule has 0 saturated carbocycles. The van der Waals surface area contributed by atoms with Gasteiger partial charge in [-0.2, -0.15) is 0 Å². The van der Waals surface area contributed by atoms with E-state index in [1.54, 1.807) is 0 Å². The molecule has 3 heteroatoms. The second kappa shape index (κ2) is 7.77. The van der Waals surface area contributed by atoms with Crippen LogP contribution in [0.2, 0.25) is 0 Å². The highest BCUT2D eigenvalue weighted by Gasteiger charge is 2.28. The van der Waals surface area contributed by atoms with Crippen molar-refractivity contribution in [2.75, 3.05) is 40.3 Å². The van der Waals surface area contributed by atoms with Crippen molar-refractivity contribution in [1.29, 1.82) is 0 Å². The number of nitrogens with zero attached hydrogens (tertiary/aromatic N) is 2. The first-order valence-electron chi connectivity index (χ1n) is 7.90. The Kier molecular flexibility index (Phi) is 6.02. The average Bonchev–Trinajstić information content (AvgIpc) is 2.67. The van der Waals surface area contributed by atoms with Crippen LogP contribution in [0.4, 0.5) is 0 Å². The Morgan fingerprint density at radius 1 is 1.25 bits per heavy atom. The molecule has 0 aromatic heterocycles. The lowest BCUT2D eigenvalue weighted by Gasteiger charge is -2.37. The highest BCUT2D eigenvalue weighted by molar-refractivity contribution is 5.20. The predicted octanol–water partition coefficient (Wildman–Crippen LogP) is 2.36. The predicted molar refractivity (Wildman–Crippen MR) is 86.0 cm³/mol. The molecule has 2 rings (SSSR count). The van der Waals surface area contributed by atoms with Gasteiger partial charge in [0.25, 0.3) is 0 Å². The molecular formula is C17H29N3. The smallest absolute Gasteiger partial charge is 0.0476 e. The van der Waals surface area contributed by atoms with Crippen molar-refractivity contribution in [3.63, 3.8) is 0 Å². The summed E-state index contributed by atoms with van der Waals surface area (Å²) in [5.41, 5.74) is 1.44. The zero-order valence-corrected chi connectivity index (χ0v) is 13.2. The van der Waals surface area contributed by atoms with E-state index in [2.05, 4.69) is 66.5 Å². The minimum absolute atomic E-state index is 0.484. The Balaban J connectivity index is 2.22. The van der Waals surface area contributed by atoms with E-state index < -0.39 is 0 Å². The molecule has 0 amide bonds. The lowest BCUT2D eigenvalue weighted by molar-refractivity contribution is 0.127. The van der Waals surface area contributed by atoms with Crippen molar-refractivity contribution < 1.29 is 0 Å². The summed E-state index contributed by atoms with van der Waals surface area (Å²) in [5, 5.41) is 3.38.